The van der Waals surface area contributed by atoms with Gasteiger partial charge in [-0.1, -0.05) is 37.7 Å². The van der Waals surface area contributed by atoms with Crippen LogP contribution < -0.4 is 10.9 Å². The van der Waals surface area contributed by atoms with Crippen LogP contribution in [0.2, 0.25) is 0 Å². The van der Waals surface area contributed by atoms with Crippen molar-refractivity contribution in [2.75, 3.05) is 0 Å². The number of hydrogen-bond acceptors (Lipinski definition) is 7. The number of nitrogens with one attached hydrogen (secondary N) is 1. The molecule has 1 atom stereocenters. The number of nitrogens with zero attached hydrogens (tertiary/aromatic N) is 3. The summed E-state index contributed by atoms with van der Waals surface area (Å²) < 4.78 is 1.56. The third-order valence-corrected chi connectivity index (χ3v) is 8.21. The van der Waals surface area contributed by atoms with Gasteiger partial charge in [0, 0.05) is 41.8 Å². The summed E-state index contributed by atoms with van der Waals surface area (Å²) in [6, 6.07) is 7.75. The fourth-order valence-corrected chi connectivity index (χ4v) is 6.05. The van der Waals surface area contributed by atoms with Crippen molar-refractivity contribution >= 4 is 50.6 Å². The molecule has 0 radical (unpaired) electrons. The Balaban J connectivity index is 1.60. The van der Waals surface area contributed by atoms with E-state index in [1.807, 2.05) is 48.9 Å². The molecule has 0 aliphatic carbocycles. The Morgan fingerprint density at radius 3 is 2.77 bits per heavy atom. The molecule has 9 heteroatoms. The topological polar surface area (TPSA) is 76.9 Å². The minimum Gasteiger partial charge on any atom is -0.351 e. The molecule has 0 saturated carbocycles. The van der Waals surface area contributed by atoms with Crippen LogP contribution in [0.3, 0.4) is 0 Å². The lowest BCUT2D eigenvalue weighted by Gasteiger charge is -2.20. The molecule has 0 saturated heterocycles. The van der Waals surface area contributed by atoms with Crippen molar-refractivity contribution in [2.45, 2.75) is 30.8 Å². The Bertz CT molecular complexity index is 1250. The van der Waals surface area contributed by atoms with E-state index in [2.05, 4.69) is 10.3 Å². The van der Waals surface area contributed by atoms with Gasteiger partial charge < -0.3 is 5.32 Å². The Labute approximate surface area is 192 Å². The lowest BCUT2D eigenvalue weighted by Crippen LogP contribution is -2.36. The first-order valence-electron chi connectivity index (χ1n) is 9.81. The number of rotatable bonds is 7. The third kappa shape index (κ3) is 4.58. The number of hydrogen-bond donors (Lipinski definition) is 1. The van der Waals surface area contributed by atoms with Gasteiger partial charge in [-0.05, 0) is 29.0 Å². The van der Waals surface area contributed by atoms with Gasteiger partial charge in [-0.15, -0.1) is 22.7 Å². The van der Waals surface area contributed by atoms with Gasteiger partial charge in [0.15, 0.2) is 5.16 Å². The van der Waals surface area contributed by atoms with Crippen molar-refractivity contribution in [3.05, 3.63) is 63.3 Å². The molecule has 4 aromatic rings. The van der Waals surface area contributed by atoms with E-state index in [9.17, 15) is 9.59 Å². The molecule has 4 rings (SSSR count). The predicted octanol–water partition coefficient (Wildman–Crippen LogP) is 4.55. The van der Waals surface area contributed by atoms with Crippen molar-refractivity contribution in [2.24, 2.45) is 13.0 Å². The Hall–Kier alpha value is -2.49. The van der Waals surface area contributed by atoms with E-state index in [0.717, 1.165) is 16.0 Å². The zero-order chi connectivity index (χ0) is 22.0. The second kappa shape index (κ2) is 9.33. The van der Waals surface area contributed by atoms with Gasteiger partial charge in [0.25, 0.3) is 5.56 Å². The van der Waals surface area contributed by atoms with Crippen LogP contribution in [0.15, 0.2) is 57.4 Å². The summed E-state index contributed by atoms with van der Waals surface area (Å²) in [6.45, 7) is 4.41. The average Bonchev–Trinajstić information content (AvgIpc) is 3.43. The largest absolute Gasteiger partial charge is 0.351 e. The first-order chi connectivity index (χ1) is 15.0. The second-order valence-electron chi connectivity index (χ2n) is 7.43. The maximum Gasteiger partial charge on any atom is 0.263 e. The highest BCUT2D eigenvalue weighted by molar-refractivity contribution is 8.00. The summed E-state index contributed by atoms with van der Waals surface area (Å²) in [5.41, 5.74) is 1.78. The van der Waals surface area contributed by atoms with E-state index in [0.29, 0.717) is 21.9 Å². The maximum atomic E-state index is 13.2. The molecular weight excluding hydrogens is 448 g/mol. The molecule has 0 fully saturated rings. The zero-order valence-corrected chi connectivity index (χ0v) is 19.8. The predicted molar refractivity (Wildman–Crippen MR) is 129 cm³/mol. The molecule has 160 valence electrons. The number of thioether (sulfide) groups is 1. The molecule has 31 heavy (non-hydrogen) atoms. The molecule has 0 spiro atoms. The Kier molecular flexibility index (Phi) is 6.54. The van der Waals surface area contributed by atoms with Crippen LogP contribution >= 0.6 is 34.4 Å². The normalized spacial score (nSPS) is 12.4. The molecule has 0 bridgehead atoms. The van der Waals surface area contributed by atoms with Gasteiger partial charge >= 0.3 is 0 Å². The van der Waals surface area contributed by atoms with E-state index >= 15 is 0 Å². The average molecular weight is 471 g/mol. The summed E-state index contributed by atoms with van der Waals surface area (Å²) in [7, 11) is 1.72. The van der Waals surface area contributed by atoms with Gasteiger partial charge in [0.2, 0.25) is 5.91 Å². The minimum atomic E-state index is -0.371. The van der Waals surface area contributed by atoms with Crippen molar-refractivity contribution in [3.8, 4) is 10.4 Å². The minimum absolute atomic E-state index is 0.0662. The highest BCUT2D eigenvalue weighted by Crippen LogP contribution is 2.35. The third-order valence-electron chi connectivity index (χ3n) is 4.85. The SMILES string of the molecule is CC(C)C(Sc1nc2scc(-c3cccs3)c2c(=O)n1C)C(=O)NCc1cccnc1. The molecular formula is C22H22N4O2S3. The molecule has 0 aliphatic rings. The molecule has 1 N–H and O–H groups in total. The van der Waals surface area contributed by atoms with E-state index in [-0.39, 0.29) is 22.6 Å². The van der Waals surface area contributed by atoms with Crippen LogP contribution in [0.25, 0.3) is 20.7 Å². The standard InChI is InChI=1S/C22H22N4O2S3/c1-13(2)18(19(27)24-11-14-6-4-8-23-10-14)31-22-25-20-17(21(28)26(22)3)15(12-30-20)16-7-5-9-29-16/h4-10,12-13,18H,11H2,1-3H3,(H,24,27). The van der Waals surface area contributed by atoms with Gasteiger partial charge in [0.1, 0.15) is 4.83 Å². The first-order valence-corrected chi connectivity index (χ1v) is 12.4. The monoisotopic (exact) mass is 470 g/mol. The van der Waals surface area contributed by atoms with Crippen molar-refractivity contribution in [1.29, 1.82) is 0 Å². The molecule has 4 heterocycles. The van der Waals surface area contributed by atoms with Gasteiger partial charge in [-0.3, -0.25) is 19.1 Å². The summed E-state index contributed by atoms with van der Waals surface area (Å²) in [5, 5.41) is 7.79. The highest BCUT2D eigenvalue weighted by atomic mass is 32.2. The summed E-state index contributed by atoms with van der Waals surface area (Å²) in [4.78, 5) is 36.7. The van der Waals surface area contributed by atoms with Crippen molar-refractivity contribution in [3.63, 3.8) is 0 Å². The van der Waals surface area contributed by atoms with Crippen LogP contribution in [0, 0.1) is 5.92 Å². The molecule has 1 unspecified atom stereocenters. The number of carbonyl (C=O) groups is 1. The van der Waals surface area contributed by atoms with Crippen LogP contribution in [0.5, 0.6) is 0 Å². The van der Waals surface area contributed by atoms with Gasteiger partial charge in [0.05, 0.1) is 10.6 Å². The highest BCUT2D eigenvalue weighted by Gasteiger charge is 2.26. The smallest absolute Gasteiger partial charge is 0.263 e. The van der Waals surface area contributed by atoms with Crippen LogP contribution in [0.4, 0.5) is 0 Å². The number of pyridine rings is 1. The molecule has 0 aliphatic heterocycles. The van der Waals surface area contributed by atoms with E-state index < -0.39 is 0 Å². The van der Waals surface area contributed by atoms with Gasteiger partial charge in [-0.2, -0.15) is 0 Å². The molecule has 4 aromatic heterocycles. The van der Waals surface area contributed by atoms with E-state index in [1.54, 1.807) is 35.3 Å². The summed E-state index contributed by atoms with van der Waals surface area (Å²) in [5.74, 6) is -0.0137. The zero-order valence-electron chi connectivity index (χ0n) is 17.4. The molecule has 0 aromatic carbocycles. The molecule has 6 nitrogen and oxygen atoms in total. The van der Waals surface area contributed by atoms with Crippen LogP contribution in [0.1, 0.15) is 19.4 Å². The number of thiophene rings is 2. The Morgan fingerprint density at radius 2 is 2.10 bits per heavy atom. The van der Waals surface area contributed by atoms with E-state index in [4.69, 9.17) is 4.98 Å². The lowest BCUT2D eigenvalue weighted by atomic mass is 10.1. The van der Waals surface area contributed by atoms with E-state index in [1.165, 1.54) is 23.1 Å². The fraction of sp³-hybridized carbons (Fsp3) is 0.273. The number of carbonyl (C=O) groups excluding carboxylic acids is 1. The number of amides is 1. The van der Waals surface area contributed by atoms with Crippen LogP contribution in [-0.2, 0) is 18.4 Å². The van der Waals surface area contributed by atoms with Crippen molar-refractivity contribution in [1.82, 2.24) is 19.9 Å². The van der Waals surface area contributed by atoms with Crippen LogP contribution in [-0.4, -0.2) is 25.7 Å². The second-order valence-corrected chi connectivity index (χ2v) is 10.3. The maximum absolute atomic E-state index is 13.2. The summed E-state index contributed by atoms with van der Waals surface area (Å²) >= 11 is 4.40. The number of fused-ring (bicyclic) bond motifs is 1. The molecule has 1 amide bonds. The number of aromatic nitrogens is 3. The first kappa shape index (κ1) is 21.7. The quantitative estimate of drug-likeness (QED) is 0.317. The summed E-state index contributed by atoms with van der Waals surface area (Å²) in [6.07, 6.45) is 3.44. The van der Waals surface area contributed by atoms with Gasteiger partial charge in [-0.25, -0.2) is 4.98 Å². The van der Waals surface area contributed by atoms with Crippen molar-refractivity contribution < 1.29 is 4.79 Å². The Morgan fingerprint density at radius 1 is 1.26 bits per heavy atom. The fourth-order valence-electron chi connectivity index (χ4n) is 3.17. The lowest BCUT2D eigenvalue weighted by molar-refractivity contribution is -0.121.